The molecule has 0 unspecified atom stereocenters. The summed E-state index contributed by atoms with van der Waals surface area (Å²) in [7, 11) is 0. The van der Waals surface area contributed by atoms with Gasteiger partial charge >= 0.3 is 0 Å². The summed E-state index contributed by atoms with van der Waals surface area (Å²) in [6.45, 7) is 11.3. The van der Waals surface area contributed by atoms with E-state index in [1.54, 1.807) is 0 Å². The summed E-state index contributed by atoms with van der Waals surface area (Å²) in [6.07, 6.45) is 1.09. The zero-order chi connectivity index (χ0) is 9.11. The fraction of sp³-hybridized carbons (Fsp3) is 0.889. The zero-order valence-electron chi connectivity index (χ0n) is 8.48. The second kappa shape index (κ2) is 12.7. The third kappa shape index (κ3) is 10.0. The molecule has 0 aromatic rings. The summed E-state index contributed by atoms with van der Waals surface area (Å²) in [5, 5.41) is 1.29. The van der Waals surface area contributed by atoms with Crippen LogP contribution in [0.15, 0.2) is 4.99 Å². The molecule has 2 heteroatoms. The summed E-state index contributed by atoms with van der Waals surface area (Å²) in [5.74, 6) is 1.15. The van der Waals surface area contributed by atoms with Gasteiger partial charge in [-0.25, -0.2) is 0 Å². The molecule has 11 heavy (non-hydrogen) atoms. The van der Waals surface area contributed by atoms with E-state index in [1.165, 1.54) is 5.04 Å². The first kappa shape index (κ1) is 13.6. The van der Waals surface area contributed by atoms with Gasteiger partial charge in [0, 0.05) is 6.54 Å². The van der Waals surface area contributed by atoms with E-state index in [1.807, 2.05) is 25.6 Å². The average molecular weight is 175 g/mol. The van der Waals surface area contributed by atoms with Crippen molar-refractivity contribution in [2.75, 3.05) is 12.3 Å². The molecule has 0 fully saturated rings. The molecule has 0 saturated heterocycles. The van der Waals surface area contributed by atoms with Crippen LogP contribution in [0, 0.1) is 0 Å². The summed E-state index contributed by atoms with van der Waals surface area (Å²) in [5.41, 5.74) is 0. The van der Waals surface area contributed by atoms with Crippen molar-refractivity contribution in [3.8, 4) is 0 Å². The molecule has 0 aliphatic rings. The Labute approximate surface area is 75.7 Å². The maximum Gasteiger partial charge on any atom is 0.0672 e. The van der Waals surface area contributed by atoms with Gasteiger partial charge in [0.05, 0.1) is 5.04 Å². The largest absolute Gasteiger partial charge is 0.283 e. The third-order valence-electron chi connectivity index (χ3n) is 0.948. The molecule has 0 aliphatic carbocycles. The van der Waals surface area contributed by atoms with Gasteiger partial charge in [-0.05, 0) is 19.1 Å². The van der Waals surface area contributed by atoms with Crippen molar-refractivity contribution in [2.24, 2.45) is 4.99 Å². The van der Waals surface area contributed by atoms with Gasteiger partial charge < -0.3 is 0 Å². The molecule has 0 aliphatic heterocycles. The first-order valence-electron chi connectivity index (χ1n) is 4.51. The third-order valence-corrected chi connectivity index (χ3v) is 1.99. The SMILES string of the molecule is CC.CCN=C(CC)SCC. The highest BCUT2D eigenvalue weighted by atomic mass is 32.2. The first-order chi connectivity index (χ1) is 5.35. The van der Waals surface area contributed by atoms with Crippen LogP contribution in [0.1, 0.15) is 41.0 Å². The van der Waals surface area contributed by atoms with E-state index in [0.717, 1.165) is 18.7 Å². The molecule has 0 amide bonds. The molecular formula is C9H21NS. The lowest BCUT2D eigenvalue weighted by Crippen LogP contribution is -1.90. The lowest BCUT2D eigenvalue weighted by atomic mass is 10.5. The van der Waals surface area contributed by atoms with Gasteiger partial charge in [-0.2, -0.15) is 0 Å². The van der Waals surface area contributed by atoms with Gasteiger partial charge in [0.1, 0.15) is 0 Å². The van der Waals surface area contributed by atoms with E-state index < -0.39 is 0 Å². The van der Waals surface area contributed by atoms with Crippen LogP contribution in [-0.2, 0) is 0 Å². The van der Waals surface area contributed by atoms with Gasteiger partial charge in [-0.1, -0.05) is 27.7 Å². The lowest BCUT2D eigenvalue weighted by Gasteiger charge is -1.97. The molecule has 0 N–H and O–H groups in total. The maximum atomic E-state index is 4.31. The number of rotatable bonds is 3. The average Bonchev–Trinajstić information content (AvgIpc) is 2.08. The van der Waals surface area contributed by atoms with Crippen LogP contribution in [0.3, 0.4) is 0 Å². The molecule has 0 bridgehead atoms. The monoisotopic (exact) mass is 175 g/mol. The standard InChI is InChI=1S/C7H15NS.C2H6/c1-4-7(8-5-2)9-6-3;1-2/h4-6H2,1-3H3;1-2H3. The molecule has 1 nitrogen and oxygen atoms in total. The van der Waals surface area contributed by atoms with Crippen molar-refractivity contribution in [3.63, 3.8) is 0 Å². The van der Waals surface area contributed by atoms with Gasteiger partial charge in [-0.15, -0.1) is 11.8 Å². The molecule has 0 aromatic carbocycles. The molecule has 0 aromatic heterocycles. The smallest absolute Gasteiger partial charge is 0.0672 e. The van der Waals surface area contributed by atoms with Crippen LogP contribution in [0.2, 0.25) is 0 Å². The highest BCUT2D eigenvalue weighted by Crippen LogP contribution is 2.05. The van der Waals surface area contributed by atoms with E-state index in [2.05, 4.69) is 25.8 Å². The predicted molar refractivity (Wildman–Crippen MR) is 57.7 cm³/mol. The van der Waals surface area contributed by atoms with Crippen LogP contribution in [0.5, 0.6) is 0 Å². The van der Waals surface area contributed by atoms with Crippen molar-refractivity contribution in [1.29, 1.82) is 0 Å². The number of hydrogen-bond donors (Lipinski definition) is 0. The minimum atomic E-state index is 0.927. The Morgan fingerprint density at radius 2 is 1.73 bits per heavy atom. The normalized spacial score (nSPS) is 10.5. The van der Waals surface area contributed by atoms with Crippen LogP contribution in [0.4, 0.5) is 0 Å². The molecule has 0 atom stereocenters. The van der Waals surface area contributed by atoms with E-state index in [4.69, 9.17) is 0 Å². The van der Waals surface area contributed by atoms with E-state index in [-0.39, 0.29) is 0 Å². The summed E-state index contributed by atoms with van der Waals surface area (Å²) in [4.78, 5) is 4.31. The van der Waals surface area contributed by atoms with Gasteiger partial charge in [0.2, 0.25) is 0 Å². The van der Waals surface area contributed by atoms with Gasteiger partial charge in [0.15, 0.2) is 0 Å². The first-order valence-corrected chi connectivity index (χ1v) is 5.49. The number of hydrogen-bond acceptors (Lipinski definition) is 2. The molecule has 68 valence electrons. The topological polar surface area (TPSA) is 12.4 Å². The molecule has 0 spiro atoms. The van der Waals surface area contributed by atoms with Crippen LogP contribution >= 0.6 is 11.8 Å². The minimum absolute atomic E-state index is 0.927. The van der Waals surface area contributed by atoms with Crippen molar-refractivity contribution in [2.45, 2.75) is 41.0 Å². The Bertz CT molecular complexity index is 89.6. The summed E-state index contributed by atoms with van der Waals surface area (Å²) in [6, 6.07) is 0. The molecule has 0 saturated carbocycles. The summed E-state index contributed by atoms with van der Waals surface area (Å²) < 4.78 is 0. The maximum absolute atomic E-state index is 4.31. The van der Waals surface area contributed by atoms with E-state index in [0.29, 0.717) is 0 Å². The predicted octanol–water partition coefficient (Wildman–Crippen LogP) is 3.59. The highest BCUT2D eigenvalue weighted by Gasteiger charge is 1.91. The minimum Gasteiger partial charge on any atom is -0.283 e. The van der Waals surface area contributed by atoms with E-state index >= 15 is 0 Å². The second-order valence-electron chi connectivity index (χ2n) is 1.65. The molecule has 0 heterocycles. The van der Waals surface area contributed by atoms with Crippen LogP contribution in [-0.4, -0.2) is 17.3 Å². The van der Waals surface area contributed by atoms with Crippen molar-refractivity contribution < 1.29 is 0 Å². The van der Waals surface area contributed by atoms with Crippen molar-refractivity contribution >= 4 is 16.8 Å². The Morgan fingerprint density at radius 3 is 2.00 bits per heavy atom. The second-order valence-corrected chi connectivity index (χ2v) is 2.99. The Morgan fingerprint density at radius 1 is 1.18 bits per heavy atom. The van der Waals surface area contributed by atoms with Crippen LogP contribution in [0.25, 0.3) is 0 Å². The quantitative estimate of drug-likeness (QED) is 0.471. The number of thioether (sulfide) groups is 1. The lowest BCUT2D eigenvalue weighted by molar-refractivity contribution is 1.11. The fourth-order valence-electron chi connectivity index (χ4n) is 0.602. The molecule has 0 radical (unpaired) electrons. The number of nitrogens with zero attached hydrogens (tertiary/aromatic N) is 1. The molecular weight excluding hydrogens is 154 g/mol. The Balaban J connectivity index is 0. The summed E-state index contributed by atoms with van der Waals surface area (Å²) >= 11 is 1.85. The van der Waals surface area contributed by atoms with Crippen molar-refractivity contribution in [1.82, 2.24) is 0 Å². The Hall–Kier alpha value is 0.0200. The Kier molecular flexibility index (Phi) is 15.7. The zero-order valence-corrected chi connectivity index (χ0v) is 9.29. The number of aliphatic imine (C=N–C) groups is 1. The molecule has 0 rings (SSSR count). The van der Waals surface area contributed by atoms with E-state index in [9.17, 15) is 0 Å². The highest BCUT2D eigenvalue weighted by molar-refractivity contribution is 8.13. The fourth-order valence-corrected chi connectivity index (χ4v) is 1.36. The van der Waals surface area contributed by atoms with Crippen molar-refractivity contribution in [3.05, 3.63) is 0 Å². The van der Waals surface area contributed by atoms with Gasteiger partial charge in [-0.3, -0.25) is 4.99 Å². The van der Waals surface area contributed by atoms with Crippen LogP contribution < -0.4 is 0 Å². The van der Waals surface area contributed by atoms with Gasteiger partial charge in [0.25, 0.3) is 0 Å².